The average molecular weight is 252 g/mol. The number of nitriles is 1. The Hall–Kier alpha value is -0.150. The number of aromatic nitrogens is 2. The summed E-state index contributed by atoms with van der Waals surface area (Å²) in [5.41, 5.74) is 0. The minimum atomic E-state index is 0.0561. The fraction of sp³-hybridized carbons (Fsp3) is 0.167. The van der Waals surface area contributed by atoms with Crippen molar-refractivity contribution in [3.8, 4) is 5.40 Å². The minimum Gasteiger partial charge on any atom is -0.209 e. The highest BCUT2D eigenvalue weighted by molar-refractivity contribution is 8.05. The normalized spacial score (nSPS) is 9.69. The quantitative estimate of drug-likeness (QED) is 0.350. The smallest absolute Gasteiger partial charge is 0.209 e. The van der Waals surface area contributed by atoms with E-state index < -0.39 is 0 Å². The van der Waals surface area contributed by atoms with Gasteiger partial charge in [-0.3, -0.25) is 0 Å². The lowest BCUT2D eigenvalue weighted by Crippen LogP contribution is -1.90. The molecule has 0 fully saturated rings. The summed E-state index contributed by atoms with van der Waals surface area (Å²) in [5.74, 6) is 0. The molecule has 0 saturated heterocycles. The maximum Gasteiger partial charge on any atom is 0.224 e. The van der Waals surface area contributed by atoms with Crippen LogP contribution in [0.5, 0.6) is 0 Å². The van der Waals surface area contributed by atoms with Crippen LogP contribution >= 0.6 is 46.7 Å². The summed E-state index contributed by atoms with van der Waals surface area (Å²) < 4.78 is 0. The molecule has 3 nitrogen and oxygen atoms in total. The first-order chi connectivity index (χ1) is 6.19. The molecule has 0 aliphatic rings. The molecule has 1 heterocycles. The molecule has 0 spiro atoms. The standard InChI is InChI=1S/C6H3Cl2N3S2/c1-12-3-4(7)10-6(8)11-5(3)13-2-9/h1H3. The van der Waals surface area contributed by atoms with Crippen LogP contribution in [0.1, 0.15) is 0 Å². The van der Waals surface area contributed by atoms with E-state index in [9.17, 15) is 0 Å². The van der Waals surface area contributed by atoms with E-state index in [-0.39, 0.29) is 10.4 Å². The fourth-order valence-corrected chi connectivity index (χ4v) is 2.60. The lowest BCUT2D eigenvalue weighted by Gasteiger charge is -2.03. The van der Waals surface area contributed by atoms with Crippen molar-refractivity contribution < 1.29 is 0 Å². The van der Waals surface area contributed by atoms with E-state index in [1.165, 1.54) is 11.8 Å². The molecule has 1 aromatic heterocycles. The van der Waals surface area contributed by atoms with Crippen molar-refractivity contribution in [1.29, 1.82) is 5.26 Å². The van der Waals surface area contributed by atoms with E-state index in [4.69, 9.17) is 28.5 Å². The first-order valence-electron chi connectivity index (χ1n) is 3.02. The van der Waals surface area contributed by atoms with E-state index >= 15 is 0 Å². The zero-order valence-corrected chi connectivity index (χ0v) is 9.56. The zero-order valence-electron chi connectivity index (χ0n) is 6.41. The van der Waals surface area contributed by atoms with Gasteiger partial charge in [0, 0.05) is 11.8 Å². The summed E-state index contributed by atoms with van der Waals surface area (Å²) in [6.07, 6.45) is 1.83. The average Bonchev–Trinajstić information content (AvgIpc) is 2.04. The SMILES string of the molecule is CSc1c(Cl)nc(Cl)nc1SC#N. The van der Waals surface area contributed by atoms with Crippen molar-refractivity contribution in [3.63, 3.8) is 0 Å². The molecule has 0 aromatic carbocycles. The molecule has 0 amide bonds. The second-order valence-corrected chi connectivity index (χ2v) is 4.10. The van der Waals surface area contributed by atoms with E-state index in [0.29, 0.717) is 9.92 Å². The van der Waals surface area contributed by atoms with Crippen molar-refractivity contribution in [3.05, 3.63) is 10.4 Å². The highest BCUT2D eigenvalue weighted by Gasteiger charge is 2.11. The first-order valence-corrected chi connectivity index (χ1v) is 5.81. The molecule has 0 aliphatic carbocycles. The molecular formula is C6H3Cl2N3S2. The Morgan fingerprint density at radius 2 is 2.08 bits per heavy atom. The van der Waals surface area contributed by atoms with Crippen molar-refractivity contribution in [2.24, 2.45) is 0 Å². The Labute approximate surface area is 93.8 Å². The van der Waals surface area contributed by atoms with Crippen molar-refractivity contribution in [1.82, 2.24) is 9.97 Å². The number of halogens is 2. The van der Waals surface area contributed by atoms with Crippen molar-refractivity contribution >= 4 is 46.7 Å². The lowest BCUT2D eigenvalue weighted by atomic mass is 10.7. The summed E-state index contributed by atoms with van der Waals surface area (Å²) in [6, 6.07) is 0. The van der Waals surface area contributed by atoms with Gasteiger partial charge < -0.3 is 0 Å². The molecule has 0 bridgehead atoms. The maximum absolute atomic E-state index is 8.48. The first kappa shape index (κ1) is 10.9. The highest BCUT2D eigenvalue weighted by atomic mass is 35.5. The van der Waals surface area contributed by atoms with Gasteiger partial charge >= 0.3 is 0 Å². The second kappa shape index (κ2) is 4.91. The molecule has 1 rings (SSSR count). The molecule has 0 unspecified atom stereocenters. The largest absolute Gasteiger partial charge is 0.224 e. The lowest BCUT2D eigenvalue weighted by molar-refractivity contribution is 0.967. The Kier molecular flexibility index (Phi) is 4.13. The van der Waals surface area contributed by atoms with Crippen LogP contribution in [0.3, 0.4) is 0 Å². The molecule has 0 atom stereocenters. The van der Waals surface area contributed by atoms with E-state index in [1.54, 1.807) is 0 Å². The summed E-state index contributed by atoms with van der Waals surface area (Å²) in [6.45, 7) is 0. The van der Waals surface area contributed by atoms with Gasteiger partial charge in [0.15, 0.2) is 0 Å². The van der Waals surface area contributed by atoms with Gasteiger partial charge in [0.05, 0.1) is 4.90 Å². The Bertz CT molecular complexity index is 364. The second-order valence-electron chi connectivity index (χ2n) is 1.82. The molecular weight excluding hydrogens is 249 g/mol. The van der Waals surface area contributed by atoms with Gasteiger partial charge in [-0.2, -0.15) is 5.26 Å². The van der Waals surface area contributed by atoms with Gasteiger partial charge in [-0.15, -0.1) is 11.8 Å². The molecule has 0 aliphatic heterocycles. The maximum atomic E-state index is 8.48. The number of thiocyanates is 1. The molecule has 13 heavy (non-hydrogen) atoms. The minimum absolute atomic E-state index is 0.0561. The molecule has 68 valence electrons. The topological polar surface area (TPSA) is 49.6 Å². The summed E-state index contributed by atoms with van der Waals surface area (Å²) in [5, 5.41) is 11.2. The third kappa shape index (κ3) is 2.64. The third-order valence-corrected chi connectivity index (χ3v) is 3.17. The van der Waals surface area contributed by atoms with Gasteiger partial charge in [-0.25, -0.2) is 9.97 Å². The molecule has 0 radical (unpaired) electrons. The molecule has 1 aromatic rings. The third-order valence-electron chi connectivity index (χ3n) is 1.11. The van der Waals surface area contributed by atoms with E-state index in [1.807, 2.05) is 11.7 Å². The summed E-state index contributed by atoms with van der Waals surface area (Å²) >= 11 is 13.7. The van der Waals surface area contributed by atoms with Crippen LogP contribution in [-0.2, 0) is 0 Å². The number of hydrogen-bond donors (Lipinski definition) is 0. The fourth-order valence-electron chi connectivity index (χ4n) is 0.664. The van der Waals surface area contributed by atoms with Crippen LogP contribution in [0.4, 0.5) is 0 Å². The van der Waals surface area contributed by atoms with Crippen LogP contribution < -0.4 is 0 Å². The van der Waals surface area contributed by atoms with E-state index in [2.05, 4.69) is 9.97 Å². The van der Waals surface area contributed by atoms with Gasteiger partial charge in [-0.1, -0.05) is 11.6 Å². The summed E-state index contributed by atoms with van der Waals surface area (Å²) in [7, 11) is 0. The number of hydrogen-bond acceptors (Lipinski definition) is 5. The van der Waals surface area contributed by atoms with Crippen LogP contribution in [-0.4, -0.2) is 16.2 Å². The Morgan fingerprint density at radius 3 is 2.62 bits per heavy atom. The van der Waals surface area contributed by atoms with Crippen LogP contribution in [0, 0.1) is 10.7 Å². The molecule has 0 saturated carbocycles. The number of nitrogens with zero attached hydrogens (tertiary/aromatic N) is 3. The van der Waals surface area contributed by atoms with Crippen LogP contribution in [0.15, 0.2) is 9.92 Å². The van der Waals surface area contributed by atoms with Gasteiger partial charge in [-0.05, 0) is 17.9 Å². The number of thioether (sulfide) groups is 2. The van der Waals surface area contributed by atoms with Crippen LogP contribution in [0.2, 0.25) is 10.4 Å². The molecule has 7 heteroatoms. The van der Waals surface area contributed by atoms with Gasteiger partial charge in [0.1, 0.15) is 15.6 Å². The van der Waals surface area contributed by atoms with Gasteiger partial charge in [0.2, 0.25) is 5.28 Å². The predicted octanol–water partition coefficient (Wildman–Crippen LogP) is 3.08. The van der Waals surface area contributed by atoms with Crippen molar-refractivity contribution in [2.45, 2.75) is 9.92 Å². The summed E-state index contributed by atoms with van der Waals surface area (Å²) in [4.78, 5) is 8.33. The number of rotatable bonds is 2. The zero-order chi connectivity index (χ0) is 9.84. The Balaban J connectivity index is 3.23. The Morgan fingerprint density at radius 1 is 1.38 bits per heavy atom. The monoisotopic (exact) mass is 251 g/mol. The predicted molar refractivity (Wildman–Crippen MR) is 55.3 cm³/mol. The molecule has 0 N–H and O–H groups in total. The highest BCUT2D eigenvalue weighted by Crippen LogP contribution is 2.33. The van der Waals surface area contributed by atoms with Gasteiger partial charge in [0.25, 0.3) is 0 Å². The van der Waals surface area contributed by atoms with E-state index in [0.717, 1.165) is 11.8 Å². The van der Waals surface area contributed by atoms with Crippen molar-refractivity contribution in [2.75, 3.05) is 6.26 Å². The van der Waals surface area contributed by atoms with Crippen LogP contribution in [0.25, 0.3) is 0 Å².